The van der Waals surface area contributed by atoms with Gasteiger partial charge in [-0.15, -0.1) is 0 Å². The van der Waals surface area contributed by atoms with Gasteiger partial charge in [0.25, 0.3) is 0 Å². The molecule has 0 saturated carbocycles. The second kappa shape index (κ2) is 5.83. The number of benzene rings is 1. The van der Waals surface area contributed by atoms with Gasteiger partial charge in [-0.25, -0.2) is 0 Å². The van der Waals surface area contributed by atoms with E-state index in [2.05, 4.69) is 5.10 Å². The second-order valence-electron chi connectivity index (χ2n) is 4.39. The summed E-state index contributed by atoms with van der Waals surface area (Å²) < 4.78 is 17.7. The number of anilines is 1. The Bertz CT molecular complexity index is 563. The van der Waals surface area contributed by atoms with E-state index in [-0.39, 0.29) is 0 Å². The summed E-state index contributed by atoms with van der Waals surface area (Å²) in [4.78, 5) is 0. The van der Waals surface area contributed by atoms with Crippen molar-refractivity contribution >= 4 is 5.82 Å². The van der Waals surface area contributed by atoms with Crippen molar-refractivity contribution in [3.63, 3.8) is 0 Å². The van der Waals surface area contributed by atoms with Crippen LogP contribution in [-0.2, 0) is 18.4 Å². The number of nitrogens with zero attached hydrogens (tertiary/aromatic N) is 2. The van der Waals surface area contributed by atoms with E-state index < -0.39 is 0 Å². The summed E-state index contributed by atoms with van der Waals surface area (Å²) in [6.07, 6.45) is 0. The highest BCUT2D eigenvalue weighted by atomic mass is 16.5. The average Bonchev–Trinajstić information content (AvgIpc) is 2.77. The quantitative estimate of drug-likeness (QED) is 0.902. The maximum atomic E-state index is 5.84. The van der Waals surface area contributed by atoms with E-state index in [1.807, 2.05) is 12.1 Å². The lowest BCUT2D eigenvalue weighted by Crippen LogP contribution is -1.99. The first-order chi connectivity index (χ1) is 9.60. The number of methoxy groups -OCH3 is 3. The normalized spacial score (nSPS) is 10.6. The smallest absolute Gasteiger partial charge is 0.132 e. The summed E-state index contributed by atoms with van der Waals surface area (Å²) >= 11 is 0. The SMILES string of the molecule is COCc1cc(OC)c(-c2cc(N)n(C)n2)c(OC)c1. The minimum atomic E-state index is 0.483. The highest BCUT2D eigenvalue weighted by molar-refractivity contribution is 5.76. The van der Waals surface area contributed by atoms with Gasteiger partial charge < -0.3 is 19.9 Å². The molecule has 0 aliphatic heterocycles. The van der Waals surface area contributed by atoms with Crippen molar-refractivity contribution in [2.75, 3.05) is 27.1 Å². The third kappa shape index (κ3) is 2.55. The van der Waals surface area contributed by atoms with Gasteiger partial charge in [0.15, 0.2) is 0 Å². The summed E-state index contributed by atoms with van der Waals surface area (Å²) in [7, 11) is 6.66. The van der Waals surface area contributed by atoms with Crippen molar-refractivity contribution in [1.82, 2.24) is 9.78 Å². The van der Waals surface area contributed by atoms with Crippen molar-refractivity contribution in [2.24, 2.45) is 7.05 Å². The highest BCUT2D eigenvalue weighted by Gasteiger charge is 2.18. The maximum absolute atomic E-state index is 5.84. The zero-order chi connectivity index (χ0) is 14.7. The van der Waals surface area contributed by atoms with Crippen LogP contribution in [0.1, 0.15) is 5.56 Å². The molecule has 0 amide bonds. The van der Waals surface area contributed by atoms with Gasteiger partial charge in [0.05, 0.1) is 26.4 Å². The minimum absolute atomic E-state index is 0.483. The Morgan fingerprint density at radius 1 is 1.10 bits per heavy atom. The number of nitrogens with two attached hydrogens (primary N) is 1. The molecule has 0 saturated heterocycles. The largest absolute Gasteiger partial charge is 0.496 e. The first-order valence-corrected chi connectivity index (χ1v) is 6.14. The van der Waals surface area contributed by atoms with Gasteiger partial charge in [0, 0.05) is 20.2 Å². The van der Waals surface area contributed by atoms with Crippen molar-refractivity contribution < 1.29 is 14.2 Å². The highest BCUT2D eigenvalue weighted by Crippen LogP contribution is 2.39. The van der Waals surface area contributed by atoms with Gasteiger partial charge in [-0.3, -0.25) is 4.68 Å². The third-order valence-corrected chi connectivity index (χ3v) is 3.05. The Kier molecular flexibility index (Phi) is 4.14. The van der Waals surface area contributed by atoms with Crippen molar-refractivity contribution in [2.45, 2.75) is 6.61 Å². The Morgan fingerprint density at radius 3 is 2.10 bits per heavy atom. The molecule has 0 bridgehead atoms. The van der Waals surface area contributed by atoms with Gasteiger partial charge in [-0.2, -0.15) is 5.10 Å². The van der Waals surface area contributed by atoms with Gasteiger partial charge in [-0.05, 0) is 17.7 Å². The van der Waals surface area contributed by atoms with Crippen LogP contribution in [0.15, 0.2) is 18.2 Å². The monoisotopic (exact) mass is 277 g/mol. The number of ether oxygens (including phenoxy) is 3. The standard InChI is InChI=1S/C14H19N3O3/c1-17-13(15)7-10(16-17)14-11(19-3)5-9(8-18-2)6-12(14)20-4/h5-7H,8,15H2,1-4H3. The Hall–Kier alpha value is -2.21. The first kappa shape index (κ1) is 14.2. The van der Waals surface area contributed by atoms with Crippen LogP contribution in [0.2, 0.25) is 0 Å². The molecule has 0 spiro atoms. The second-order valence-corrected chi connectivity index (χ2v) is 4.39. The summed E-state index contributed by atoms with van der Waals surface area (Å²) in [5.41, 5.74) is 8.29. The van der Waals surface area contributed by atoms with Gasteiger partial charge in [-0.1, -0.05) is 0 Å². The molecular weight excluding hydrogens is 258 g/mol. The van der Waals surface area contributed by atoms with E-state index in [4.69, 9.17) is 19.9 Å². The van der Waals surface area contributed by atoms with Crippen LogP contribution < -0.4 is 15.2 Å². The minimum Gasteiger partial charge on any atom is -0.496 e. The third-order valence-electron chi connectivity index (χ3n) is 3.05. The maximum Gasteiger partial charge on any atom is 0.132 e. The zero-order valence-electron chi connectivity index (χ0n) is 12.1. The number of aryl methyl sites for hydroxylation is 1. The van der Waals surface area contributed by atoms with Gasteiger partial charge in [0.1, 0.15) is 23.0 Å². The van der Waals surface area contributed by atoms with Gasteiger partial charge >= 0.3 is 0 Å². The Morgan fingerprint density at radius 2 is 1.70 bits per heavy atom. The molecule has 2 N–H and O–H groups in total. The number of hydrogen-bond donors (Lipinski definition) is 1. The lowest BCUT2D eigenvalue weighted by molar-refractivity contribution is 0.184. The van der Waals surface area contributed by atoms with Crippen LogP contribution in [0.25, 0.3) is 11.3 Å². The average molecular weight is 277 g/mol. The fourth-order valence-corrected chi connectivity index (χ4v) is 2.07. The summed E-state index contributed by atoms with van der Waals surface area (Å²) in [6, 6.07) is 5.61. The zero-order valence-corrected chi connectivity index (χ0v) is 12.1. The number of aromatic nitrogens is 2. The van der Waals surface area contributed by atoms with Crippen LogP contribution in [0, 0.1) is 0 Å². The molecule has 1 heterocycles. The van der Waals surface area contributed by atoms with E-state index in [1.54, 1.807) is 39.1 Å². The van der Waals surface area contributed by atoms with E-state index in [0.717, 1.165) is 11.1 Å². The molecule has 0 unspecified atom stereocenters. The molecule has 0 fully saturated rings. The molecule has 1 aromatic heterocycles. The predicted molar refractivity (Wildman–Crippen MR) is 76.9 cm³/mol. The Labute approximate surface area is 118 Å². The van der Waals surface area contributed by atoms with Crippen LogP contribution in [-0.4, -0.2) is 31.1 Å². The van der Waals surface area contributed by atoms with E-state index in [9.17, 15) is 0 Å². The lowest BCUT2D eigenvalue weighted by atomic mass is 10.1. The molecule has 0 aliphatic carbocycles. The summed E-state index contributed by atoms with van der Waals surface area (Å²) in [5, 5.41) is 4.37. The van der Waals surface area contributed by atoms with Crippen molar-refractivity contribution in [1.29, 1.82) is 0 Å². The Balaban J connectivity index is 2.60. The molecule has 2 rings (SSSR count). The molecule has 2 aromatic rings. The molecule has 6 nitrogen and oxygen atoms in total. The fourth-order valence-electron chi connectivity index (χ4n) is 2.07. The lowest BCUT2D eigenvalue weighted by Gasteiger charge is -2.13. The van der Waals surface area contributed by atoms with Crippen molar-refractivity contribution in [3.8, 4) is 22.8 Å². The molecule has 1 aromatic carbocycles. The molecule has 0 aliphatic rings. The summed E-state index contributed by atoms with van der Waals surface area (Å²) in [5.74, 6) is 1.93. The predicted octanol–water partition coefficient (Wildman–Crippen LogP) is 1.83. The van der Waals surface area contributed by atoms with E-state index in [1.165, 1.54) is 0 Å². The van der Waals surface area contributed by atoms with Crippen LogP contribution >= 0.6 is 0 Å². The number of rotatable bonds is 5. The van der Waals surface area contributed by atoms with Crippen LogP contribution in [0.4, 0.5) is 5.82 Å². The molecule has 6 heteroatoms. The van der Waals surface area contributed by atoms with Crippen LogP contribution in [0.3, 0.4) is 0 Å². The summed E-state index contributed by atoms with van der Waals surface area (Å²) in [6.45, 7) is 0.483. The molecule has 20 heavy (non-hydrogen) atoms. The van der Waals surface area contributed by atoms with E-state index >= 15 is 0 Å². The number of nitrogen functional groups attached to an aromatic ring is 1. The van der Waals surface area contributed by atoms with Crippen LogP contribution in [0.5, 0.6) is 11.5 Å². The topological polar surface area (TPSA) is 71.5 Å². The molecule has 108 valence electrons. The fraction of sp³-hybridized carbons (Fsp3) is 0.357. The van der Waals surface area contributed by atoms with Gasteiger partial charge in [0.2, 0.25) is 0 Å². The van der Waals surface area contributed by atoms with Crippen molar-refractivity contribution in [3.05, 3.63) is 23.8 Å². The first-order valence-electron chi connectivity index (χ1n) is 6.14. The molecular formula is C14H19N3O3. The molecule has 0 radical (unpaired) electrons. The van der Waals surface area contributed by atoms with E-state index in [0.29, 0.717) is 29.6 Å². The number of hydrogen-bond acceptors (Lipinski definition) is 5. The molecule has 0 atom stereocenters.